The number of aromatic carboxylic acids is 1. The number of carboxylic acid groups (broad SMARTS) is 1. The van der Waals surface area contributed by atoms with Crippen LogP contribution in [-0.2, 0) is 0 Å². The van der Waals surface area contributed by atoms with Gasteiger partial charge in [-0.1, -0.05) is 0 Å². The van der Waals surface area contributed by atoms with Crippen molar-refractivity contribution in [1.82, 2.24) is 0 Å². The highest BCUT2D eigenvalue weighted by Crippen LogP contribution is 2.37. The summed E-state index contributed by atoms with van der Waals surface area (Å²) in [6.07, 6.45) is 2.53. The van der Waals surface area contributed by atoms with Crippen molar-refractivity contribution in [3.8, 4) is 0 Å². The molecule has 1 aliphatic carbocycles. The lowest BCUT2D eigenvalue weighted by atomic mass is 10.1. The number of nitrogens with zero attached hydrogens (tertiary/aromatic N) is 1. The van der Waals surface area contributed by atoms with Crippen molar-refractivity contribution < 1.29 is 9.90 Å². The van der Waals surface area contributed by atoms with E-state index in [4.69, 9.17) is 5.11 Å². The lowest BCUT2D eigenvalue weighted by Gasteiger charge is -2.32. The molecule has 1 aromatic carbocycles. The molecule has 1 saturated carbocycles. The molecular weight excluding hydrogens is 204 g/mol. The number of nitrogens with one attached hydrogen (secondary N) is 1. The van der Waals surface area contributed by atoms with E-state index < -0.39 is 5.97 Å². The van der Waals surface area contributed by atoms with Gasteiger partial charge >= 0.3 is 5.97 Å². The molecule has 4 nitrogen and oxygen atoms in total. The number of anilines is 2. The second-order valence-corrected chi connectivity index (χ2v) is 4.39. The minimum atomic E-state index is -0.867. The van der Waals surface area contributed by atoms with Crippen LogP contribution in [0.5, 0.6) is 0 Å². The van der Waals surface area contributed by atoms with E-state index >= 15 is 0 Å². The Morgan fingerprint density at radius 3 is 2.94 bits per heavy atom. The molecule has 1 aromatic rings. The molecule has 16 heavy (non-hydrogen) atoms. The van der Waals surface area contributed by atoms with Crippen LogP contribution < -0.4 is 10.2 Å². The van der Waals surface area contributed by atoms with Crippen molar-refractivity contribution in [3.63, 3.8) is 0 Å². The zero-order valence-corrected chi connectivity index (χ0v) is 8.94. The van der Waals surface area contributed by atoms with Gasteiger partial charge in [0.05, 0.1) is 16.9 Å². The highest BCUT2D eigenvalue weighted by molar-refractivity contribution is 5.91. The Labute approximate surface area is 93.9 Å². The van der Waals surface area contributed by atoms with E-state index in [0.717, 1.165) is 24.5 Å². The lowest BCUT2D eigenvalue weighted by Crippen LogP contribution is -2.35. The lowest BCUT2D eigenvalue weighted by molar-refractivity contribution is 0.0697. The standard InChI is InChI=1S/C12H14N2O2/c15-12(16)8-1-4-11-10(7-8)13-5-6-14(11)9-2-3-9/h1,4,7,9,13H,2-3,5-6H2,(H,15,16). The largest absolute Gasteiger partial charge is 0.478 e. The first-order chi connectivity index (χ1) is 7.75. The van der Waals surface area contributed by atoms with Crippen LogP contribution in [0.15, 0.2) is 18.2 Å². The maximum absolute atomic E-state index is 10.9. The van der Waals surface area contributed by atoms with Crippen molar-refractivity contribution in [2.24, 2.45) is 0 Å². The van der Waals surface area contributed by atoms with Crippen LogP contribution >= 0.6 is 0 Å². The second-order valence-electron chi connectivity index (χ2n) is 4.39. The van der Waals surface area contributed by atoms with Crippen LogP contribution in [0, 0.1) is 0 Å². The average molecular weight is 218 g/mol. The molecule has 3 rings (SSSR count). The van der Waals surface area contributed by atoms with Gasteiger partial charge in [-0.05, 0) is 31.0 Å². The van der Waals surface area contributed by atoms with Gasteiger partial charge in [-0.2, -0.15) is 0 Å². The van der Waals surface area contributed by atoms with Gasteiger partial charge in [-0.15, -0.1) is 0 Å². The molecule has 0 unspecified atom stereocenters. The minimum Gasteiger partial charge on any atom is -0.478 e. The van der Waals surface area contributed by atoms with Gasteiger partial charge in [0.2, 0.25) is 0 Å². The molecule has 0 saturated heterocycles. The SMILES string of the molecule is O=C(O)c1ccc2c(c1)NCCN2C1CC1. The van der Waals surface area contributed by atoms with E-state index in [0.29, 0.717) is 11.6 Å². The predicted octanol–water partition coefficient (Wildman–Crippen LogP) is 1.78. The molecule has 0 aromatic heterocycles. The van der Waals surface area contributed by atoms with Crippen LogP contribution in [0.2, 0.25) is 0 Å². The summed E-state index contributed by atoms with van der Waals surface area (Å²) in [5.41, 5.74) is 2.46. The van der Waals surface area contributed by atoms with Crippen LogP contribution in [-0.4, -0.2) is 30.2 Å². The molecule has 0 atom stereocenters. The fourth-order valence-corrected chi connectivity index (χ4v) is 2.26. The van der Waals surface area contributed by atoms with Gasteiger partial charge in [0.15, 0.2) is 0 Å². The maximum Gasteiger partial charge on any atom is 0.335 e. The molecule has 2 aliphatic rings. The summed E-state index contributed by atoms with van der Waals surface area (Å²) in [5.74, 6) is -0.867. The molecule has 1 heterocycles. The molecule has 0 radical (unpaired) electrons. The van der Waals surface area contributed by atoms with Crippen LogP contribution in [0.3, 0.4) is 0 Å². The summed E-state index contributed by atoms with van der Waals surface area (Å²) in [7, 11) is 0. The van der Waals surface area contributed by atoms with Crippen LogP contribution in [0.4, 0.5) is 11.4 Å². The Morgan fingerprint density at radius 2 is 2.25 bits per heavy atom. The molecule has 0 amide bonds. The molecule has 0 bridgehead atoms. The zero-order valence-electron chi connectivity index (χ0n) is 8.94. The number of rotatable bonds is 2. The van der Waals surface area contributed by atoms with Crippen molar-refractivity contribution in [2.75, 3.05) is 23.3 Å². The highest BCUT2D eigenvalue weighted by Gasteiger charge is 2.32. The van der Waals surface area contributed by atoms with Crippen LogP contribution in [0.25, 0.3) is 0 Å². The Morgan fingerprint density at radius 1 is 1.44 bits per heavy atom. The molecule has 2 N–H and O–H groups in total. The first-order valence-corrected chi connectivity index (χ1v) is 5.63. The number of fused-ring (bicyclic) bond motifs is 1. The Bertz CT molecular complexity index is 441. The minimum absolute atomic E-state index is 0.351. The van der Waals surface area contributed by atoms with Crippen molar-refractivity contribution >= 4 is 17.3 Å². The van der Waals surface area contributed by atoms with E-state index in [1.807, 2.05) is 6.07 Å². The fraction of sp³-hybridized carbons (Fsp3) is 0.417. The van der Waals surface area contributed by atoms with E-state index in [1.165, 1.54) is 12.8 Å². The molecule has 1 fully saturated rings. The van der Waals surface area contributed by atoms with Crippen molar-refractivity contribution in [2.45, 2.75) is 18.9 Å². The van der Waals surface area contributed by atoms with E-state index in [-0.39, 0.29) is 0 Å². The number of benzene rings is 1. The zero-order chi connectivity index (χ0) is 11.1. The molecular formula is C12H14N2O2. The summed E-state index contributed by atoms with van der Waals surface area (Å²) in [4.78, 5) is 13.3. The summed E-state index contributed by atoms with van der Waals surface area (Å²) in [5, 5.41) is 12.2. The third kappa shape index (κ3) is 1.50. The number of hydrogen-bond acceptors (Lipinski definition) is 3. The Hall–Kier alpha value is -1.71. The van der Waals surface area contributed by atoms with Gasteiger partial charge in [0.1, 0.15) is 0 Å². The second kappa shape index (κ2) is 3.40. The number of carboxylic acids is 1. The summed E-state index contributed by atoms with van der Waals surface area (Å²) < 4.78 is 0. The van der Waals surface area contributed by atoms with Gasteiger partial charge in [-0.25, -0.2) is 4.79 Å². The maximum atomic E-state index is 10.9. The van der Waals surface area contributed by atoms with E-state index in [2.05, 4.69) is 10.2 Å². The first-order valence-electron chi connectivity index (χ1n) is 5.63. The Balaban J connectivity index is 1.99. The molecule has 0 spiro atoms. The monoisotopic (exact) mass is 218 g/mol. The van der Waals surface area contributed by atoms with E-state index in [9.17, 15) is 4.79 Å². The van der Waals surface area contributed by atoms with Gasteiger partial charge in [0.25, 0.3) is 0 Å². The van der Waals surface area contributed by atoms with E-state index in [1.54, 1.807) is 12.1 Å². The average Bonchev–Trinajstić information content (AvgIpc) is 3.11. The summed E-state index contributed by atoms with van der Waals surface area (Å²) in [6, 6.07) is 6.01. The fourth-order valence-electron chi connectivity index (χ4n) is 2.26. The van der Waals surface area contributed by atoms with Gasteiger partial charge in [0, 0.05) is 19.1 Å². The quantitative estimate of drug-likeness (QED) is 0.794. The topological polar surface area (TPSA) is 52.6 Å². The third-order valence-corrected chi connectivity index (χ3v) is 3.21. The van der Waals surface area contributed by atoms with Gasteiger partial charge < -0.3 is 15.3 Å². The molecule has 84 valence electrons. The summed E-state index contributed by atoms with van der Waals surface area (Å²) >= 11 is 0. The smallest absolute Gasteiger partial charge is 0.335 e. The third-order valence-electron chi connectivity index (χ3n) is 3.21. The summed E-state index contributed by atoms with van der Waals surface area (Å²) in [6.45, 7) is 1.91. The molecule has 4 heteroatoms. The first kappa shape index (κ1) is 9.51. The Kier molecular flexibility index (Phi) is 2.02. The number of hydrogen-bond donors (Lipinski definition) is 2. The van der Waals surface area contributed by atoms with Gasteiger partial charge in [-0.3, -0.25) is 0 Å². The van der Waals surface area contributed by atoms with Crippen LogP contribution in [0.1, 0.15) is 23.2 Å². The predicted molar refractivity (Wildman–Crippen MR) is 62.3 cm³/mol. The normalized spacial score (nSPS) is 18.9. The highest BCUT2D eigenvalue weighted by atomic mass is 16.4. The molecule has 1 aliphatic heterocycles. The van der Waals surface area contributed by atoms with Crippen molar-refractivity contribution in [3.05, 3.63) is 23.8 Å². The van der Waals surface area contributed by atoms with Crippen molar-refractivity contribution in [1.29, 1.82) is 0 Å². The number of carbonyl (C=O) groups is 1.